The van der Waals surface area contributed by atoms with Crippen molar-refractivity contribution >= 4 is 52.2 Å². The van der Waals surface area contributed by atoms with Gasteiger partial charge in [-0.25, -0.2) is 0 Å². The first kappa shape index (κ1) is 16.3. The summed E-state index contributed by atoms with van der Waals surface area (Å²) in [7, 11) is 0. The van der Waals surface area contributed by atoms with Gasteiger partial charge in [-0.05, 0) is 36.4 Å². The molecule has 3 rings (SSSR count). The summed E-state index contributed by atoms with van der Waals surface area (Å²) >= 11 is 17.6. The van der Waals surface area contributed by atoms with Crippen LogP contribution in [0.15, 0.2) is 36.4 Å². The van der Waals surface area contributed by atoms with Crippen molar-refractivity contribution in [3.63, 3.8) is 0 Å². The van der Waals surface area contributed by atoms with Gasteiger partial charge in [-0.3, -0.25) is 9.59 Å². The number of nitrogens with one attached hydrogen (secondary N) is 1. The van der Waals surface area contributed by atoms with Crippen molar-refractivity contribution in [3.8, 4) is 0 Å². The number of halogens is 3. The van der Waals surface area contributed by atoms with E-state index in [1.165, 1.54) is 24.3 Å². The number of rotatable bonds is 3. The maximum Gasteiger partial charge on any atom is 0.261 e. The molecule has 118 valence electrons. The zero-order chi connectivity index (χ0) is 16.8. The number of amides is 1. The molecule has 4 nitrogen and oxygen atoms in total. The van der Waals surface area contributed by atoms with Crippen LogP contribution < -0.4 is 5.32 Å². The lowest BCUT2D eigenvalue weighted by molar-refractivity contribution is -0.133. The highest BCUT2D eigenvalue weighted by Crippen LogP contribution is 2.40. The van der Waals surface area contributed by atoms with Crippen LogP contribution in [-0.4, -0.2) is 16.8 Å². The van der Waals surface area contributed by atoms with E-state index in [1.807, 2.05) is 0 Å². The smallest absolute Gasteiger partial charge is 0.261 e. The quantitative estimate of drug-likeness (QED) is 0.801. The monoisotopic (exact) mass is 369 g/mol. The van der Waals surface area contributed by atoms with E-state index in [9.17, 15) is 14.7 Å². The molecule has 23 heavy (non-hydrogen) atoms. The van der Waals surface area contributed by atoms with Gasteiger partial charge in [0, 0.05) is 21.8 Å². The van der Waals surface area contributed by atoms with Crippen LogP contribution >= 0.6 is 34.8 Å². The van der Waals surface area contributed by atoms with E-state index in [-0.39, 0.29) is 16.1 Å². The number of hydrogen-bond donors (Lipinski definition) is 2. The molecule has 0 bridgehead atoms. The predicted octanol–water partition coefficient (Wildman–Crippen LogP) is 4.06. The van der Waals surface area contributed by atoms with Crippen LogP contribution in [0.3, 0.4) is 0 Å². The molecule has 7 heteroatoms. The van der Waals surface area contributed by atoms with Gasteiger partial charge in [-0.15, -0.1) is 0 Å². The molecule has 1 unspecified atom stereocenters. The minimum atomic E-state index is -1.97. The van der Waals surface area contributed by atoms with Crippen molar-refractivity contribution in [2.75, 3.05) is 5.32 Å². The third kappa shape index (κ3) is 2.83. The largest absolute Gasteiger partial charge is 0.375 e. The molecule has 2 aromatic rings. The topological polar surface area (TPSA) is 66.4 Å². The van der Waals surface area contributed by atoms with Crippen molar-refractivity contribution in [3.05, 3.63) is 62.6 Å². The number of fused-ring (bicyclic) bond motifs is 1. The maximum atomic E-state index is 12.4. The third-order valence-electron chi connectivity index (χ3n) is 3.71. The highest BCUT2D eigenvalue weighted by molar-refractivity contribution is 6.42. The van der Waals surface area contributed by atoms with Gasteiger partial charge in [0.1, 0.15) is 0 Å². The van der Waals surface area contributed by atoms with E-state index in [2.05, 4.69) is 5.32 Å². The lowest BCUT2D eigenvalue weighted by Crippen LogP contribution is -2.36. The Kier molecular flexibility index (Phi) is 4.10. The summed E-state index contributed by atoms with van der Waals surface area (Å²) in [6.07, 6.45) is -0.426. The number of carbonyl (C=O) groups is 2. The summed E-state index contributed by atoms with van der Waals surface area (Å²) in [5, 5.41) is 14.2. The summed E-state index contributed by atoms with van der Waals surface area (Å²) in [6, 6.07) is 9.02. The van der Waals surface area contributed by atoms with Gasteiger partial charge in [-0.2, -0.15) is 0 Å². The van der Waals surface area contributed by atoms with Crippen molar-refractivity contribution in [1.82, 2.24) is 0 Å². The number of anilines is 1. The van der Waals surface area contributed by atoms with Gasteiger partial charge in [0.2, 0.25) is 0 Å². The Labute approximate surface area is 147 Å². The standard InChI is InChI=1S/C16H10Cl3NO3/c17-9-2-4-13-10(6-9)16(23,15(22)20-13)7-14(21)8-1-3-11(18)12(19)5-8/h1-6,23H,7H2,(H,20,22). The van der Waals surface area contributed by atoms with Crippen LogP contribution in [0.1, 0.15) is 22.3 Å². The van der Waals surface area contributed by atoms with E-state index in [4.69, 9.17) is 34.8 Å². The van der Waals surface area contributed by atoms with Crippen LogP contribution in [0.25, 0.3) is 0 Å². The van der Waals surface area contributed by atoms with Gasteiger partial charge in [0.05, 0.1) is 16.5 Å². The van der Waals surface area contributed by atoms with E-state index in [0.29, 0.717) is 15.7 Å². The van der Waals surface area contributed by atoms with Crippen LogP contribution in [0.2, 0.25) is 15.1 Å². The Balaban J connectivity index is 1.95. The van der Waals surface area contributed by atoms with Crippen LogP contribution in [-0.2, 0) is 10.4 Å². The minimum Gasteiger partial charge on any atom is -0.375 e. The SMILES string of the molecule is O=C(CC1(O)C(=O)Nc2ccc(Cl)cc21)c1ccc(Cl)c(Cl)c1. The van der Waals surface area contributed by atoms with E-state index in [1.54, 1.807) is 12.1 Å². The van der Waals surface area contributed by atoms with Gasteiger partial charge >= 0.3 is 0 Å². The van der Waals surface area contributed by atoms with Gasteiger partial charge in [0.15, 0.2) is 11.4 Å². The van der Waals surface area contributed by atoms with E-state index >= 15 is 0 Å². The summed E-state index contributed by atoms with van der Waals surface area (Å²) in [6.45, 7) is 0. The molecule has 1 atom stereocenters. The van der Waals surface area contributed by atoms with Gasteiger partial charge < -0.3 is 10.4 Å². The molecule has 0 radical (unpaired) electrons. The zero-order valence-corrected chi connectivity index (χ0v) is 13.8. The van der Waals surface area contributed by atoms with Crippen molar-refractivity contribution < 1.29 is 14.7 Å². The number of benzene rings is 2. The summed E-state index contributed by atoms with van der Waals surface area (Å²) < 4.78 is 0. The minimum absolute atomic E-state index is 0.226. The molecule has 1 amide bonds. The van der Waals surface area contributed by atoms with E-state index in [0.717, 1.165) is 0 Å². The first-order valence-electron chi connectivity index (χ1n) is 6.63. The average Bonchev–Trinajstić information content (AvgIpc) is 2.73. The van der Waals surface area contributed by atoms with Crippen LogP contribution in [0.4, 0.5) is 5.69 Å². The molecule has 2 N–H and O–H groups in total. The highest BCUT2D eigenvalue weighted by atomic mass is 35.5. The second kappa shape index (κ2) is 5.80. The Hall–Kier alpha value is -1.59. The number of ketones is 1. The summed E-state index contributed by atoms with van der Waals surface area (Å²) in [4.78, 5) is 24.6. The van der Waals surface area contributed by atoms with Gasteiger partial charge in [0.25, 0.3) is 5.91 Å². The number of aliphatic hydroxyl groups is 1. The van der Waals surface area contributed by atoms with Crippen LogP contribution in [0.5, 0.6) is 0 Å². The molecule has 0 saturated carbocycles. The molecule has 2 aromatic carbocycles. The lowest BCUT2D eigenvalue weighted by atomic mass is 9.88. The zero-order valence-electron chi connectivity index (χ0n) is 11.6. The fourth-order valence-electron chi connectivity index (χ4n) is 2.50. The Bertz CT molecular complexity index is 837. The normalized spacial score (nSPS) is 19.4. The fraction of sp³-hybridized carbons (Fsp3) is 0.125. The predicted molar refractivity (Wildman–Crippen MR) is 89.4 cm³/mol. The molecule has 0 saturated heterocycles. The molecule has 0 fully saturated rings. The first-order chi connectivity index (χ1) is 10.8. The summed E-state index contributed by atoms with van der Waals surface area (Å²) in [5.74, 6) is -1.10. The van der Waals surface area contributed by atoms with Crippen LogP contribution in [0, 0.1) is 0 Å². The Morgan fingerprint density at radius 3 is 2.52 bits per heavy atom. The second-order valence-electron chi connectivity index (χ2n) is 5.23. The molecule has 1 heterocycles. The molecular weight excluding hydrogens is 361 g/mol. The molecule has 1 aliphatic rings. The molecular formula is C16H10Cl3NO3. The van der Waals surface area contributed by atoms with Crippen molar-refractivity contribution in [2.45, 2.75) is 12.0 Å². The van der Waals surface area contributed by atoms with E-state index < -0.39 is 23.7 Å². The fourth-order valence-corrected chi connectivity index (χ4v) is 2.97. The van der Waals surface area contributed by atoms with Crippen molar-refractivity contribution in [2.24, 2.45) is 0 Å². The Morgan fingerprint density at radius 1 is 1.09 bits per heavy atom. The summed E-state index contributed by atoms with van der Waals surface area (Å²) in [5.41, 5.74) is -0.993. The third-order valence-corrected chi connectivity index (χ3v) is 4.68. The number of carbonyl (C=O) groups excluding carboxylic acids is 2. The molecule has 0 aliphatic carbocycles. The highest BCUT2D eigenvalue weighted by Gasteiger charge is 2.46. The molecule has 0 aromatic heterocycles. The maximum absolute atomic E-state index is 12.4. The van der Waals surface area contributed by atoms with Gasteiger partial charge in [-0.1, -0.05) is 34.8 Å². The number of hydrogen-bond acceptors (Lipinski definition) is 3. The molecule has 1 aliphatic heterocycles. The number of Topliss-reactive ketones (excluding diaryl/α,β-unsaturated/α-hetero) is 1. The van der Waals surface area contributed by atoms with Crippen molar-refractivity contribution in [1.29, 1.82) is 0 Å². The first-order valence-corrected chi connectivity index (χ1v) is 7.77. The average molecular weight is 371 g/mol. The lowest BCUT2D eigenvalue weighted by Gasteiger charge is -2.20. The second-order valence-corrected chi connectivity index (χ2v) is 6.48. The molecule has 0 spiro atoms. The Morgan fingerprint density at radius 2 is 1.83 bits per heavy atom.